The molecule has 25 heavy (non-hydrogen) atoms. The van der Waals surface area contributed by atoms with E-state index in [1.54, 1.807) is 0 Å². The van der Waals surface area contributed by atoms with Crippen molar-refractivity contribution < 1.29 is 14.4 Å². The summed E-state index contributed by atoms with van der Waals surface area (Å²) in [6, 6.07) is 9.47. The van der Waals surface area contributed by atoms with E-state index in [2.05, 4.69) is 6.08 Å². The van der Waals surface area contributed by atoms with E-state index >= 15 is 0 Å². The molecule has 0 spiro atoms. The van der Waals surface area contributed by atoms with Crippen molar-refractivity contribution in [3.05, 3.63) is 47.5 Å². The standard InChI is InChI=1S/C21H27NO3/c1-4-21(15-23,12-8-9-16(2)3)18-13-19(24)22(20(18)25)14-17-10-6-5-7-11-17/h5-7,9-11,15,18H,4,8,12-14H2,1-3H3/t18-,21?/m0/s1. The van der Waals surface area contributed by atoms with Gasteiger partial charge in [0.2, 0.25) is 11.8 Å². The average Bonchev–Trinajstić information content (AvgIpc) is 2.88. The minimum absolute atomic E-state index is 0.132. The number of imide groups is 1. The molecule has 1 unspecified atom stereocenters. The fourth-order valence-corrected chi connectivity index (χ4v) is 3.52. The fourth-order valence-electron chi connectivity index (χ4n) is 3.52. The molecule has 0 saturated carbocycles. The van der Waals surface area contributed by atoms with E-state index in [0.29, 0.717) is 12.8 Å². The highest BCUT2D eigenvalue weighted by Gasteiger charge is 2.49. The SMILES string of the molecule is CCC(C=O)(CCC=C(C)C)[C@H]1CC(=O)N(Cc2ccccc2)C1=O. The summed E-state index contributed by atoms with van der Waals surface area (Å²) in [5.74, 6) is -0.933. The predicted molar refractivity (Wildman–Crippen MR) is 97.6 cm³/mol. The number of amides is 2. The van der Waals surface area contributed by atoms with Crippen LogP contribution in [0.4, 0.5) is 0 Å². The Morgan fingerprint density at radius 2 is 1.92 bits per heavy atom. The Morgan fingerprint density at radius 1 is 1.24 bits per heavy atom. The predicted octanol–water partition coefficient (Wildman–Crippen LogP) is 3.90. The Labute approximate surface area is 149 Å². The molecule has 4 nitrogen and oxygen atoms in total. The topological polar surface area (TPSA) is 54.5 Å². The van der Waals surface area contributed by atoms with Gasteiger partial charge in [-0.1, -0.05) is 48.9 Å². The van der Waals surface area contributed by atoms with Gasteiger partial charge in [-0.05, 0) is 38.7 Å². The summed E-state index contributed by atoms with van der Waals surface area (Å²) >= 11 is 0. The molecule has 2 atom stereocenters. The van der Waals surface area contributed by atoms with Gasteiger partial charge in [0.1, 0.15) is 6.29 Å². The Balaban J connectivity index is 2.19. The number of allylic oxidation sites excluding steroid dienone is 2. The number of carbonyl (C=O) groups is 3. The monoisotopic (exact) mass is 341 g/mol. The Bertz CT molecular complexity index is 661. The third kappa shape index (κ3) is 4.25. The van der Waals surface area contributed by atoms with Crippen molar-refractivity contribution in [3.8, 4) is 0 Å². The van der Waals surface area contributed by atoms with E-state index in [1.165, 1.54) is 10.5 Å². The Morgan fingerprint density at radius 3 is 2.48 bits per heavy atom. The van der Waals surface area contributed by atoms with Crippen LogP contribution in [0.3, 0.4) is 0 Å². The lowest BCUT2D eigenvalue weighted by Crippen LogP contribution is -2.38. The first kappa shape index (κ1) is 19.1. The maximum Gasteiger partial charge on any atom is 0.234 e. The summed E-state index contributed by atoms with van der Waals surface area (Å²) in [5.41, 5.74) is 1.35. The van der Waals surface area contributed by atoms with Crippen LogP contribution in [-0.4, -0.2) is 23.0 Å². The molecule has 2 rings (SSSR count). The van der Waals surface area contributed by atoms with E-state index < -0.39 is 11.3 Å². The largest absolute Gasteiger partial charge is 0.303 e. The molecule has 1 fully saturated rings. The summed E-state index contributed by atoms with van der Waals surface area (Å²) in [5, 5.41) is 0. The number of hydrogen-bond donors (Lipinski definition) is 0. The highest BCUT2D eigenvalue weighted by Crippen LogP contribution is 2.41. The molecular weight excluding hydrogens is 314 g/mol. The van der Waals surface area contributed by atoms with Crippen LogP contribution in [0.1, 0.15) is 52.0 Å². The molecule has 2 amide bonds. The minimum Gasteiger partial charge on any atom is -0.303 e. The van der Waals surface area contributed by atoms with Crippen molar-refractivity contribution >= 4 is 18.1 Å². The molecule has 1 heterocycles. The lowest BCUT2D eigenvalue weighted by atomic mass is 9.70. The van der Waals surface area contributed by atoms with E-state index in [0.717, 1.165) is 18.3 Å². The summed E-state index contributed by atoms with van der Waals surface area (Å²) in [7, 11) is 0. The van der Waals surface area contributed by atoms with E-state index in [9.17, 15) is 14.4 Å². The lowest BCUT2D eigenvalue weighted by molar-refractivity contribution is -0.143. The van der Waals surface area contributed by atoms with Crippen LogP contribution in [-0.2, 0) is 20.9 Å². The Hall–Kier alpha value is -2.23. The van der Waals surface area contributed by atoms with Crippen molar-refractivity contribution in [3.63, 3.8) is 0 Å². The van der Waals surface area contributed by atoms with Crippen molar-refractivity contribution in [1.29, 1.82) is 0 Å². The lowest BCUT2D eigenvalue weighted by Gasteiger charge is -2.31. The van der Waals surface area contributed by atoms with Crippen LogP contribution >= 0.6 is 0 Å². The molecule has 134 valence electrons. The molecule has 0 bridgehead atoms. The molecule has 1 aliphatic rings. The zero-order valence-corrected chi connectivity index (χ0v) is 15.3. The van der Waals surface area contributed by atoms with Gasteiger partial charge in [0.05, 0.1) is 12.5 Å². The first-order valence-corrected chi connectivity index (χ1v) is 8.91. The maximum absolute atomic E-state index is 12.9. The third-order valence-corrected chi connectivity index (χ3v) is 5.18. The van der Waals surface area contributed by atoms with Crippen LogP contribution in [0.2, 0.25) is 0 Å². The number of aldehydes is 1. The molecule has 0 radical (unpaired) electrons. The summed E-state index contributed by atoms with van der Waals surface area (Å²) in [4.78, 5) is 38.6. The van der Waals surface area contributed by atoms with Crippen LogP contribution in [0.15, 0.2) is 42.0 Å². The summed E-state index contributed by atoms with van der Waals surface area (Å²) in [6.07, 6.45) is 5.03. The number of likely N-dealkylation sites (tertiary alicyclic amines) is 1. The van der Waals surface area contributed by atoms with Gasteiger partial charge in [-0.3, -0.25) is 14.5 Å². The minimum atomic E-state index is -0.760. The van der Waals surface area contributed by atoms with Crippen molar-refractivity contribution in [1.82, 2.24) is 4.90 Å². The number of carbonyl (C=O) groups excluding carboxylic acids is 3. The Kier molecular flexibility index (Phi) is 6.29. The van der Waals surface area contributed by atoms with E-state index in [-0.39, 0.29) is 24.8 Å². The van der Waals surface area contributed by atoms with Gasteiger partial charge >= 0.3 is 0 Å². The fraction of sp³-hybridized carbons (Fsp3) is 0.476. The summed E-state index contributed by atoms with van der Waals surface area (Å²) < 4.78 is 0. The molecule has 0 N–H and O–H groups in total. The zero-order chi connectivity index (χ0) is 18.4. The van der Waals surface area contributed by atoms with Gasteiger partial charge in [0.15, 0.2) is 0 Å². The van der Waals surface area contributed by atoms with Gasteiger partial charge in [-0.2, -0.15) is 0 Å². The second-order valence-corrected chi connectivity index (χ2v) is 7.09. The van der Waals surface area contributed by atoms with E-state index in [4.69, 9.17) is 0 Å². The smallest absolute Gasteiger partial charge is 0.234 e. The van der Waals surface area contributed by atoms with Crippen LogP contribution in [0, 0.1) is 11.3 Å². The van der Waals surface area contributed by atoms with Gasteiger partial charge in [-0.25, -0.2) is 0 Å². The quantitative estimate of drug-likeness (QED) is 0.409. The number of rotatable bonds is 8. The molecule has 0 aliphatic carbocycles. The number of nitrogens with zero attached hydrogens (tertiary/aromatic N) is 1. The van der Waals surface area contributed by atoms with Crippen LogP contribution in [0.25, 0.3) is 0 Å². The molecule has 1 aromatic rings. The second-order valence-electron chi connectivity index (χ2n) is 7.09. The zero-order valence-electron chi connectivity index (χ0n) is 15.3. The third-order valence-electron chi connectivity index (χ3n) is 5.18. The van der Waals surface area contributed by atoms with E-state index in [1.807, 2.05) is 51.1 Å². The van der Waals surface area contributed by atoms with Crippen molar-refractivity contribution in [2.75, 3.05) is 0 Å². The molecule has 1 saturated heterocycles. The van der Waals surface area contributed by atoms with Crippen molar-refractivity contribution in [2.45, 2.75) is 53.0 Å². The molecule has 4 heteroatoms. The average molecular weight is 341 g/mol. The number of hydrogen-bond acceptors (Lipinski definition) is 3. The molecule has 0 aromatic heterocycles. The van der Waals surface area contributed by atoms with Gasteiger partial charge < -0.3 is 4.79 Å². The van der Waals surface area contributed by atoms with Gasteiger partial charge in [0.25, 0.3) is 0 Å². The normalized spacial score (nSPS) is 19.6. The van der Waals surface area contributed by atoms with Crippen LogP contribution < -0.4 is 0 Å². The van der Waals surface area contributed by atoms with Crippen LogP contribution in [0.5, 0.6) is 0 Å². The highest BCUT2D eigenvalue weighted by molar-refractivity contribution is 6.05. The first-order valence-electron chi connectivity index (χ1n) is 8.91. The first-order chi connectivity index (χ1) is 11.9. The van der Waals surface area contributed by atoms with Crippen molar-refractivity contribution in [2.24, 2.45) is 11.3 Å². The van der Waals surface area contributed by atoms with Gasteiger partial charge in [-0.15, -0.1) is 0 Å². The summed E-state index contributed by atoms with van der Waals surface area (Å²) in [6.45, 7) is 6.23. The van der Waals surface area contributed by atoms with Gasteiger partial charge in [0, 0.05) is 11.8 Å². The number of benzene rings is 1. The molecule has 1 aliphatic heterocycles. The second kappa shape index (κ2) is 8.24. The maximum atomic E-state index is 12.9. The highest BCUT2D eigenvalue weighted by atomic mass is 16.2. The molecular formula is C21H27NO3. The molecule has 1 aromatic carbocycles.